The van der Waals surface area contributed by atoms with Crippen LogP contribution in [0.15, 0.2) is 36.4 Å². The molecule has 0 spiro atoms. The average molecular weight is 355 g/mol. The van der Waals surface area contributed by atoms with Crippen molar-refractivity contribution < 1.29 is 14.5 Å². The Morgan fingerprint density at radius 3 is 2.38 bits per heavy atom. The molecule has 26 heavy (non-hydrogen) atoms. The highest BCUT2D eigenvalue weighted by Crippen LogP contribution is 2.27. The van der Waals surface area contributed by atoms with Crippen molar-refractivity contribution in [1.29, 1.82) is 0 Å². The van der Waals surface area contributed by atoms with Gasteiger partial charge in [-0.25, -0.2) is 0 Å². The molecule has 0 radical (unpaired) electrons. The summed E-state index contributed by atoms with van der Waals surface area (Å²) in [4.78, 5) is 25.6. The third-order valence-electron chi connectivity index (χ3n) is 4.27. The van der Waals surface area contributed by atoms with Crippen LogP contribution >= 0.6 is 0 Å². The van der Waals surface area contributed by atoms with Crippen LogP contribution in [0.4, 0.5) is 17.1 Å². The van der Waals surface area contributed by atoms with E-state index in [0.29, 0.717) is 43.2 Å². The van der Waals surface area contributed by atoms with E-state index in [1.54, 1.807) is 6.07 Å². The lowest BCUT2D eigenvalue weighted by Crippen LogP contribution is -2.37. The Labute approximate surface area is 151 Å². The molecule has 0 bridgehead atoms. The number of carbonyl (C=O) groups is 1. The van der Waals surface area contributed by atoms with E-state index in [9.17, 15) is 14.9 Å². The molecule has 1 saturated heterocycles. The number of aryl methyl sites for hydroxylation is 2. The summed E-state index contributed by atoms with van der Waals surface area (Å²) in [5.74, 6) is -0.361. The molecule has 7 nitrogen and oxygen atoms in total. The van der Waals surface area contributed by atoms with Crippen LogP contribution in [0.2, 0.25) is 0 Å². The molecule has 1 heterocycles. The molecule has 136 valence electrons. The first-order chi connectivity index (χ1) is 12.4. The predicted molar refractivity (Wildman–Crippen MR) is 100.0 cm³/mol. The van der Waals surface area contributed by atoms with Gasteiger partial charge in [-0.05, 0) is 43.2 Å². The molecule has 3 rings (SSSR count). The fourth-order valence-corrected chi connectivity index (χ4v) is 3.14. The van der Waals surface area contributed by atoms with Crippen molar-refractivity contribution in [2.75, 3.05) is 36.5 Å². The fraction of sp³-hybridized carbons (Fsp3) is 0.316. The number of morpholine rings is 1. The van der Waals surface area contributed by atoms with Crippen molar-refractivity contribution in [1.82, 2.24) is 0 Å². The average Bonchev–Trinajstić information content (AvgIpc) is 2.61. The topological polar surface area (TPSA) is 84.7 Å². The molecule has 1 fully saturated rings. The van der Waals surface area contributed by atoms with Gasteiger partial charge in [-0.1, -0.05) is 6.07 Å². The summed E-state index contributed by atoms with van der Waals surface area (Å²) in [5.41, 5.74) is 3.61. The van der Waals surface area contributed by atoms with Gasteiger partial charge in [0.25, 0.3) is 11.6 Å². The predicted octanol–water partition coefficient (Wildman–Crippen LogP) is 3.30. The zero-order valence-corrected chi connectivity index (χ0v) is 14.8. The second-order valence-electron chi connectivity index (χ2n) is 6.39. The maximum Gasteiger partial charge on any atom is 0.270 e. The maximum absolute atomic E-state index is 12.9. The number of hydrogen-bond donors (Lipinski definition) is 1. The summed E-state index contributed by atoms with van der Waals surface area (Å²) >= 11 is 0. The van der Waals surface area contributed by atoms with Crippen molar-refractivity contribution in [2.24, 2.45) is 0 Å². The van der Waals surface area contributed by atoms with Crippen LogP contribution in [0.1, 0.15) is 21.5 Å². The van der Waals surface area contributed by atoms with E-state index < -0.39 is 4.92 Å². The van der Waals surface area contributed by atoms with Gasteiger partial charge in [-0.15, -0.1) is 0 Å². The smallest absolute Gasteiger partial charge is 0.270 e. The Hall–Kier alpha value is -2.93. The number of nitro benzene ring substituents is 1. The molecular weight excluding hydrogens is 334 g/mol. The summed E-state index contributed by atoms with van der Waals surface area (Å²) in [6.45, 7) is 6.32. The summed E-state index contributed by atoms with van der Waals surface area (Å²) in [5, 5.41) is 14.0. The zero-order valence-electron chi connectivity index (χ0n) is 14.8. The molecule has 0 atom stereocenters. The number of amides is 1. The fourth-order valence-electron chi connectivity index (χ4n) is 3.14. The molecule has 0 aliphatic carbocycles. The first-order valence-corrected chi connectivity index (χ1v) is 8.45. The van der Waals surface area contributed by atoms with Crippen LogP contribution in [0, 0.1) is 24.0 Å². The number of anilines is 2. The SMILES string of the molecule is Cc1cc(C)cc(NC(=O)c2cc([N+](=O)[O-])ccc2N2CCOCC2)c1. The zero-order chi connectivity index (χ0) is 18.7. The summed E-state index contributed by atoms with van der Waals surface area (Å²) in [6, 6.07) is 10.2. The monoisotopic (exact) mass is 355 g/mol. The quantitative estimate of drug-likeness (QED) is 0.672. The van der Waals surface area contributed by atoms with Crippen LogP contribution in [-0.2, 0) is 4.74 Å². The molecule has 7 heteroatoms. The van der Waals surface area contributed by atoms with Crippen molar-refractivity contribution >= 4 is 23.0 Å². The summed E-state index contributed by atoms with van der Waals surface area (Å²) in [6.07, 6.45) is 0. The third-order valence-corrected chi connectivity index (χ3v) is 4.27. The van der Waals surface area contributed by atoms with Crippen LogP contribution in [0.25, 0.3) is 0 Å². The van der Waals surface area contributed by atoms with E-state index in [4.69, 9.17) is 4.74 Å². The first-order valence-electron chi connectivity index (χ1n) is 8.45. The molecule has 2 aromatic rings. The van der Waals surface area contributed by atoms with Gasteiger partial charge < -0.3 is 15.0 Å². The van der Waals surface area contributed by atoms with Crippen molar-refractivity contribution in [3.8, 4) is 0 Å². The summed E-state index contributed by atoms with van der Waals surface area (Å²) in [7, 11) is 0. The number of non-ortho nitro benzene ring substituents is 1. The molecule has 2 aromatic carbocycles. The highest BCUT2D eigenvalue weighted by atomic mass is 16.6. The number of ether oxygens (including phenoxy) is 1. The van der Waals surface area contributed by atoms with Crippen molar-refractivity contribution in [3.05, 3.63) is 63.2 Å². The number of benzene rings is 2. The number of carbonyl (C=O) groups excluding carboxylic acids is 1. The lowest BCUT2D eigenvalue weighted by atomic mass is 10.1. The molecule has 0 saturated carbocycles. The number of rotatable bonds is 4. The minimum atomic E-state index is -0.489. The molecule has 1 N–H and O–H groups in total. The molecular formula is C19H21N3O4. The highest BCUT2D eigenvalue weighted by Gasteiger charge is 2.22. The third kappa shape index (κ3) is 4.00. The maximum atomic E-state index is 12.9. The second-order valence-corrected chi connectivity index (χ2v) is 6.39. The van der Waals surface area contributed by atoms with Crippen LogP contribution in [-0.4, -0.2) is 37.1 Å². The van der Waals surface area contributed by atoms with Crippen molar-refractivity contribution in [3.63, 3.8) is 0 Å². The van der Waals surface area contributed by atoms with Gasteiger partial charge in [-0.2, -0.15) is 0 Å². The standard InChI is InChI=1S/C19H21N3O4/c1-13-9-14(2)11-15(10-13)20-19(23)17-12-16(22(24)25)3-4-18(17)21-5-7-26-8-6-21/h3-4,9-12H,5-8H2,1-2H3,(H,20,23). The molecule has 0 unspecified atom stereocenters. The van der Waals surface area contributed by atoms with Gasteiger partial charge in [0.05, 0.1) is 29.4 Å². The number of nitro groups is 1. The lowest BCUT2D eigenvalue weighted by Gasteiger charge is -2.30. The largest absolute Gasteiger partial charge is 0.378 e. The summed E-state index contributed by atoms with van der Waals surface area (Å²) < 4.78 is 5.36. The highest BCUT2D eigenvalue weighted by molar-refractivity contribution is 6.08. The van der Waals surface area contributed by atoms with E-state index in [0.717, 1.165) is 11.1 Å². The van der Waals surface area contributed by atoms with Gasteiger partial charge in [0.1, 0.15) is 0 Å². The second kappa shape index (κ2) is 7.53. The Morgan fingerprint density at radius 1 is 1.12 bits per heavy atom. The lowest BCUT2D eigenvalue weighted by molar-refractivity contribution is -0.384. The Bertz CT molecular complexity index is 824. The molecule has 0 aromatic heterocycles. The van der Waals surface area contributed by atoms with Gasteiger partial charge in [-0.3, -0.25) is 14.9 Å². The van der Waals surface area contributed by atoms with Gasteiger partial charge in [0.15, 0.2) is 0 Å². The van der Waals surface area contributed by atoms with E-state index in [1.165, 1.54) is 12.1 Å². The van der Waals surface area contributed by atoms with Crippen molar-refractivity contribution in [2.45, 2.75) is 13.8 Å². The minimum absolute atomic E-state index is 0.104. The Morgan fingerprint density at radius 2 is 1.77 bits per heavy atom. The van der Waals surface area contributed by atoms with Crippen LogP contribution in [0.5, 0.6) is 0 Å². The van der Waals surface area contributed by atoms with E-state index in [-0.39, 0.29) is 11.6 Å². The Kier molecular flexibility index (Phi) is 5.18. The molecule has 1 amide bonds. The minimum Gasteiger partial charge on any atom is -0.378 e. The molecule has 1 aliphatic heterocycles. The van der Waals surface area contributed by atoms with E-state index in [1.807, 2.05) is 36.9 Å². The number of nitrogens with one attached hydrogen (secondary N) is 1. The van der Waals surface area contributed by atoms with Gasteiger partial charge in [0.2, 0.25) is 0 Å². The number of hydrogen-bond acceptors (Lipinski definition) is 5. The van der Waals surface area contributed by atoms with Crippen LogP contribution < -0.4 is 10.2 Å². The Balaban J connectivity index is 1.95. The van der Waals surface area contributed by atoms with Crippen LogP contribution in [0.3, 0.4) is 0 Å². The van der Waals surface area contributed by atoms with Gasteiger partial charge in [0, 0.05) is 30.9 Å². The normalized spacial score (nSPS) is 14.2. The molecule has 1 aliphatic rings. The van der Waals surface area contributed by atoms with E-state index in [2.05, 4.69) is 5.32 Å². The number of nitrogens with zero attached hydrogens (tertiary/aromatic N) is 2. The van der Waals surface area contributed by atoms with E-state index >= 15 is 0 Å². The first kappa shape index (κ1) is 17.9. The van der Waals surface area contributed by atoms with Gasteiger partial charge >= 0.3 is 0 Å².